The van der Waals surface area contributed by atoms with Crippen molar-refractivity contribution >= 4 is 40.5 Å². The fraction of sp³-hybridized carbons (Fsp3) is 0.657. The normalized spacial score (nSPS) is 24.5. The molecule has 0 radical (unpaired) electrons. The van der Waals surface area contributed by atoms with Crippen LogP contribution >= 0.6 is 0 Å². The molecular weight excluding hydrogens is 607 g/mol. The first-order chi connectivity index (χ1) is 22.5. The molecule has 1 aliphatic carbocycles. The second-order valence-corrected chi connectivity index (χ2v) is 14.0. The van der Waals surface area contributed by atoms with Crippen LogP contribution < -0.4 is 10.6 Å². The summed E-state index contributed by atoms with van der Waals surface area (Å²) in [4.78, 5) is 56.7. The number of carbonyl (C=O) groups is 4. The largest absolute Gasteiger partial charge is 0.460 e. The predicted molar refractivity (Wildman–Crippen MR) is 175 cm³/mol. The number of likely N-dealkylation sites (tertiary alicyclic amines) is 2. The van der Waals surface area contributed by atoms with Crippen molar-refractivity contribution in [1.29, 1.82) is 0 Å². The van der Waals surface area contributed by atoms with Gasteiger partial charge in [0.05, 0.1) is 12.6 Å². The number of nitrogens with one attached hydrogen (secondary N) is 2. The Hall–Kier alpha value is -3.67. The van der Waals surface area contributed by atoms with E-state index in [9.17, 15) is 23.6 Å². The fourth-order valence-electron chi connectivity index (χ4n) is 7.36. The van der Waals surface area contributed by atoms with Crippen LogP contribution in [0.1, 0.15) is 89.6 Å². The van der Waals surface area contributed by atoms with Gasteiger partial charge in [-0.25, -0.2) is 14.0 Å². The molecule has 2 aliphatic heterocycles. The number of alkyl halides is 1. The second kappa shape index (κ2) is 15.0. The molecule has 3 atom stereocenters. The summed E-state index contributed by atoms with van der Waals surface area (Å²) in [5.74, 6) is -1.11. The van der Waals surface area contributed by atoms with E-state index < -0.39 is 36.4 Å². The highest BCUT2D eigenvalue weighted by Gasteiger charge is 2.46. The van der Waals surface area contributed by atoms with E-state index in [2.05, 4.69) is 15.5 Å². The van der Waals surface area contributed by atoms with Crippen molar-refractivity contribution in [1.82, 2.24) is 15.1 Å². The molecule has 3 amide bonds. The van der Waals surface area contributed by atoms with E-state index in [1.807, 2.05) is 0 Å². The number of alkyl carbamates (subject to hydrolysis) is 1. The minimum absolute atomic E-state index is 0.0376. The maximum Gasteiger partial charge on any atom is 0.407 e. The Balaban J connectivity index is 1.27. The number of amides is 3. The van der Waals surface area contributed by atoms with Crippen LogP contribution in [0.3, 0.4) is 0 Å². The maximum absolute atomic E-state index is 14.1. The molecule has 0 unspecified atom stereocenters. The zero-order valence-corrected chi connectivity index (χ0v) is 28.0. The van der Waals surface area contributed by atoms with Crippen LogP contribution in [0, 0.1) is 11.8 Å². The number of furan rings is 1. The van der Waals surface area contributed by atoms with Crippen LogP contribution in [0.2, 0.25) is 0 Å². The average Bonchev–Trinajstić information content (AvgIpc) is 3.68. The molecule has 11 nitrogen and oxygen atoms in total. The third kappa shape index (κ3) is 8.44. The van der Waals surface area contributed by atoms with E-state index >= 15 is 0 Å². The smallest absolute Gasteiger partial charge is 0.407 e. The molecular formula is C35H49FN4O7. The number of hydrogen-bond donors (Lipinski definition) is 2. The summed E-state index contributed by atoms with van der Waals surface area (Å²) in [5, 5.41) is 6.39. The van der Waals surface area contributed by atoms with Crippen LogP contribution in [-0.4, -0.2) is 90.3 Å². The minimum atomic E-state index is -0.705. The van der Waals surface area contributed by atoms with Gasteiger partial charge in [-0.1, -0.05) is 6.42 Å². The standard InChI is InChI=1S/C35H49FN4O7/c1-5-45-33(43)29-20-24-19-25(13-14-28(24)46-29)37-31(41)30-27(39-16-7-6-8-17-39)15-18-40(30)32(42)23-11-9-22(10-12-23)26(21-36)38-34(44)47-35(2,3)4/h13-14,19-20,22-23,26-27,30H,5-12,15-18,21H2,1-4H3,(H,37,41)(H,38,44)/t22?,23?,26-,27-,30-/m1/s1. The molecule has 12 heteroatoms. The number of piperidine rings is 1. The number of hydrogen-bond acceptors (Lipinski definition) is 8. The molecule has 0 spiro atoms. The molecule has 5 rings (SSSR count). The molecule has 3 fully saturated rings. The van der Waals surface area contributed by atoms with Gasteiger partial charge in [0.1, 0.15) is 23.9 Å². The van der Waals surface area contributed by atoms with Crippen molar-refractivity contribution < 1.29 is 37.5 Å². The highest BCUT2D eigenvalue weighted by molar-refractivity contribution is 6.00. The molecule has 3 heterocycles. The van der Waals surface area contributed by atoms with Gasteiger partial charge in [-0.05, 0) is 116 Å². The number of halogens is 1. The highest BCUT2D eigenvalue weighted by Crippen LogP contribution is 2.36. The third-order valence-electron chi connectivity index (χ3n) is 9.60. The van der Waals surface area contributed by atoms with E-state index in [0.29, 0.717) is 55.3 Å². The van der Waals surface area contributed by atoms with Gasteiger partial charge in [0.25, 0.3) is 0 Å². The van der Waals surface area contributed by atoms with Gasteiger partial charge in [-0.3, -0.25) is 14.5 Å². The number of carbonyl (C=O) groups excluding carboxylic acids is 4. The van der Waals surface area contributed by atoms with Gasteiger partial charge in [0.15, 0.2) is 0 Å². The fourth-order valence-corrected chi connectivity index (χ4v) is 7.36. The summed E-state index contributed by atoms with van der Waals surface area (Å²) in [7, 11) is 0. The zero-order chi connectivity index (χ0) is 33.7. The maximum atomic E-state index is 14.1. The lowest BCUT2D eigenvalue weighted by atomic mass is 9.78. The Labute approximate surface area is 275 Å². The molecule has 3 aliphatic rings. The summed E-state index contributed by atoms with van der Waals surface area (Å²) < 4.78 is 30.0. The molecule has 2 aromatic rings. The number of esters is 1. The van der Waals surface area contributed by atoms with Crippen LogP contribution in [0.15, 0.2) is 28.7 Å². The van der Waals surface area contributed by atoms with Gasteiger partial charge in [0.2, 0.25) is 17.6 Å². The monoisotopic (exact) mass is 656 g/mol. The van der Waals surface area contributed by atoms with E-state index in [1.165, 1.54) is 0 Å². The van der Waals surface area contributed by atoms with Gasteiger partial charge < -0.3 is 29.4 Å². The molecule has 1 aromatic carbocycles. The molecule has 1 saturated carbocycles. The lowest BCUT2D eigenvalue weighted by molar-refractivity contribution is -0.142. The Kier molecular flexibility index (Phi) is 11.1. The number of anilines is 1. The number of benzene rings is 1. The Morgan fingerprint density at radius 2 is 1.72 bits per heavy atom. The summed E-state index contributed by atoms with van der Waals surface area (Å²) in [6.07, 6.45) is 5.69. The Morgan fingerprint density at radius 1 is 1.00 bits per heavy atom. The van der Waals surface area contributed by atoms with E-state index in [4.69, 9.17) is 13.9 Å². The van der Waals surface area contributed by atoms with Crippen LogP contribution in [0.4, 0.5) is 14.9 Å². The Bertz CT molecular complexity index is 1420. The van der Waals surface area contributed by atoms with Gasteiger partial charge in [-0.2, -0.15) is 0 Å². The first-order valence-electron chi connectivity index (χ1n) is 17.1. The SMILES string of the molecule is CCOC(=O)c1cc2cc(NC(=O)[C@H]3[C@H](N4CCCCC4)CCN3C(=O)C3CCC([C@@H](CF)NC(=O)OC(C)(C)C)CC3)ccc2o1. The van der Waals surface area contributed by atoms with Crippen molar-refractivity contribution in [2.24, 2.45) is 11.8 Å². The molecule has 47 heavy (non-hydrogen) atoms. The number of rotatable bonds is 9. The number of fused-ring (bicyclic) bond motifs is 1. The van der Waals surface area contributed by atoms with Crippen molar-refractivity contribution in [2.45, 2.75) is 103 Å². The zero-order valence-electron chi connectivity index (χ0n) is 28.0. The molecule has 258 valence electrons. The topological polar surface area (TPSA) is 130 Å². The number of nitrogens with zero attached hydrogens (tertiary/aromatic N) is 2. The van der Waals surface area contributed by atoms with Crippen LogP contribution in [0.25, 0.3) is 11.0 Å². The van der Waals surface area contributed by atoms with Gasteiger partial charge in [0, 0.05) is 29.6 Å². The summed E-state index contributed by atoms with van der Waals surface area (Å²) >= 11 is 0. The second-order valence-electron chi connectivity index (χ2n) is 14.0. The van der Waals surface area contributed by atoms with Crippen molar-refractivity contribution in [3.05, 3.63) is 30.0 Å². The van der Waals surface area contributed by atoms with Crippen LogP contribution in [0.5, 0.6) is 0 Å². The summed E-state index contributed by atoms with van der Waals surface area (Å²) in [6.45, 7) is 8.82. The Morgan fingerprint density at radius 3 is 2.38 bits per heavy atom. The van der Waals surface area contributed by atoms with Crippen LogP contribution in [-0.2, 0) is 19.1 Å². The molecule has 1 aromatic heterocycles. The minimum Gasteiger partial charge on any atom is -0.460 e. The van der Waals surface area contributed by atoms with Crippen molar-refractivity contribution in [2.75, 3.05) is 38.2 Å². The summed E-state index contributed by atoms with van der Waals surface area (Å²) in [5.41, 5.74) is 0.367. The third-order valence-corrected chi connectivity index (χ3v) is 9.60. The lowest BCUT2D eigenvalue weighted by Crippen LogP contribution is -2.55. The average molecular weight is 657 g/mol. The van der Waals surface area contributed by atoms with E-state index in [0.717, 1.165) is 32.4 Å². The summed E-state index contributed by atoms with van der Waals surface area (Å²) in [6, 6.07) is 5.37. The lowest BCUT2D eigenvalue weighted by Gasteiger charge is -2.38. The first-order valence-corrected chi connectivity index (χ1v) is 17.1. The molecule has 2 saturated heterocycles. The quantitative estimate of drug-likeness (QED) is 0.330. The number of ether oxygens (including phenoxy) is 2. The first kappa shape index (κ1) is 34.7. The van der Waals surface area contributed by atoms with E-state index in [-0.39, 0.29) is 42.1 Å². The molecule has 0 bridgehead atoms. The van der Waals surface area contributed by atoms with Crippen molar-refractivity contribution in [3.63, 3.8) is 0 Å². The molecule has 2 N–H and O–H groups in total. The van der Waals surface area contributed by atoms with Crippen molar-refractivity contribution in [3.8, 4) is 0 Å². The van der Waals surface area contributed by atoms with E-state index in [1.54, 1.807) is 56.9 Å². The van der Waals surface area contributed by atoms with Gasteiger partial charge in [-0.15, -0.1) is 0 Å². The highest BCUT2D eigenvalue weighted by atomic mass is 19.1. The predicted octanol–water partition coefficient (Wildman–Crippen LogP) is 5.67. The van der Waals surface area contributed by atoms with Gasteiger partial charge >= 0.3 is 12.1 Å².